The molecule has 4 heteroatoms. The maximum atomic E-state index is 11.2. The molecule has 0 radical (unpaired) electrons. The minimum absolute atomic E-state index is 0.494. The van der Waals surface area contributed by atoms with Gasteiger partial charge in [-0.2, -0.15) is 0 Å². The highest BCUT2D eigenvalue weighted by atomic mass is 32.2. The molecule has 0 unspecified atom stereocenters. The summed E-state index contributed by atoms with van der Waals surface area (Å²) in [7, 11) is -2.95. The second-order valence-electron chi connectivity index (χ2n) is 3.86. The average Bonchev–Trinajstić information content (AvgIpc) is 1.92. The highest BCUT2D eigenvalue weighted by molar-refractivity contribution is 7.88. The van der Waals surface area contributed by atoms with Gasteiger partial charge in [0.15, 0.2) is 0 Å². The molecule has 0 spiro atoms. The van der Waals surface area contributed by atoms with Crippen molar-refractivity contribution in [2.75, 3.05) is 19.3 Å². The lowest BCUT2D eigenvalue weighted by Crippen LogP contribution is -2.41. The third kappa shape index (κ3) is 2.20. The first-order valence-corrected chi connectivity index (χ1v) is 6.21. The van der Waals surface area contributed by atoms with Crippen LogP contribution in [0, 0.1) is 11.8 Å². The Labute approximate surface area is 74.8 Å². The standard InChI is InChI=1S/C8H17NO2S/c1-7-4-5-9(6-8(7)2)12(3,10)11/h7-8H,4-6H2,1-3H3/t7-,8+/m1/s1. The monoisotopic (exact) mass is 191 g/mol. The van der Waals surface area contributed by atoms with Gasteiger partial charge >= 0.3 is 0 Å². The maximum absolute atomic E-state index is 11.2. The summed E-state index contributed by atoms with van der Waals surface area (Å²) in [6.07, 6.45) is 2.28. The summed E-state index contributed by atoms with van der Waals surface area (Å²) in [5.74, 6) is 1.15. The van der Waals surface area contributed by atoms with Crippen molar-refractivity contribution in [1.29, 1.82) is 0 Å². The van der Waals surface area contributed by atoms with Gasteiger partial charge in [-0.1, -0.05) is 13.8 Å². The van der Waals surface area contributed by atoms with Crippen LogP contribution in [-0.2, 0) is 10.0 Å². The van der Waals surface area contributed by atoms with Crippen LogP contribution in [0.1, 0.15) is 20.3 Å². The van der Waals surface area contributed by atoms with Gasteiger partial charge in [-0.15, -0.1) is 0 Å². The number of nitrogens with zero attached hydrogens (tertiary/aromatic N) is 1. The lowest BCUT2D eigenvalue weighted by atomic mass is 9.90. The van der Waals surface area contributed by atoms with Gasteiger partial charge in [-0.05, 0) is 18.3 Å². The number of sulfonamides is 1. The summed E-state index contributed by atoms with van der Waals surface area (Å²) in [5.41, 5.74) is 0. The van der Waals surface area contributed by atoms with Crippen LogP contribution in [0.4, 0.5) is 0 Å². The van der Waals surface area contributed by atoms with Crippen LogP contribution in [-0.4, -0.2) is 32.1 Å². The largest absolute Gasteiger partial charge is 0.213 e. The molecule has 1 rings (SSSR count). The molecule has 12 heavy (non-hydrogen) atoms. The van der Waals surface area contributed by atoms with Gasteiger partial charge in [0, 0.05) is 13.1 Å². The van der Waals surface area contributed by atoms with E-state index in [9.17, 15) is 8.42 Å². The molecular formula is C8H17NO2S. The second-order valence-corrected chi connectivity index (χ2v) is 5.85. The van der Waals surface area contributed by atoms with E-state index in [0.29, 0.717) is 24.9 Å². The topological polar surface area (TPSA) is 37.4 Å². The smallest absolute Gasteiger partial charge is 0.211 e. The van der Waals surface area contributed by atoms with Crippen molar-refractivity contribution in [3.63, 3.8) is 0 Å². The zero-order valence-electron chi connectivity index (χ0n) is 7.95. The first-order chi connectivity index (χ1) is 5.41. The van der Waals surface area contributed by atoms with Crippen LogP contribution < -0.4 is 0 Å². The van der Waals surface area contributed by atoms with Gasteiger partial charge in [0.05, 0.1) is 6.26 Å². The van der Waals surface area contributed by atoms with E-state index in [1.165, 1.54) is 6.26 Å². The number of hydrogen-bond donors (Lipinski definition) is 0. The van der Waals surface area contributed by atoms with Crippen molar-refractivity contribution >= 4 is 10.0 Å². The molecule has 1 aliphatic rings. The molecular weight excluding hydrogens is 174 g/mol. The molecule has 1 heterocycles. The van der Waals surface area contributed by atoms with E-state index in [4.69, 9.17) is 0 Å². The Morgan fingerprint density at radius 1 is 1.25 bits per heavy atom. The first kappa shape index (κ1) is 9.99. The summed E-state index contributed by atoms with van der Waals surface area (Å²) in [5, 5.41) is 0. The molecule has 72 valence electrons. The fraction of sp³-hybridized carbons (Fsp3) is 1.00. The molecule has 3 nitrogen and oxygen atoms in total. The summed E-state index contributed by atoms with van der Waals surface area (Å²) < 4.78 is 23.9. The highest BCUT2D eigenvalue weighted by Crippen LogP contribution is 2.23. The van der Waals surface area contributed by atoms with Gasteiger partial charge < -0.3 is 0 Å². The van der Waals surface area contributed by atoms with Crippen molar-refractivity contribution < 1.29 is 8.42 Å². The summed E-state index contributed by atoms with van der Waals surface area (Å²) >= 11 is 0. The Hall–Kier alpha value is -0.0900. The highest BCUT2D eigenvalue weighted by Gasteiger charge is 2.27. The van der Waals surface area contributed by atoms with Gasteiger partial charge in [0.25, 0.3) is 0 Å². The van der Waals surface area contributed by atoms with Gasteiger partial charge in [-0.3, -0.25) is 0 Å². The van der Waals surface area contributed by atoms with E-state index in [-0.39, 0.29) is 0 Å². The summed E-state index contributed by atoms with van der Waals surface area (Å²) in [6.45, 7) is 5.69. The quantitative estimate of drug-likeness (QED) is 0.618. The molecule has 0 aromatic heterocycles. The molecule has 0 saturated carbocycles. The van der Waals surface area contributed by atoms with Crippen molar-refractivity contribution in [3.05, 3.63) is 0 Å². The third-order valence-corrected chi connectivity index (χ3v) is 4.04. The molecule has 0 aromatic carbocycles. The number of piperidine rings is 1. The molecule has 0 N–H and O–H groups in total. The third-order valence-electron chi connectivity index (χ3n) is 2.77. The van der Waals surface area contributed by atoms with Crippen LogP contribution in [0.3, 0.4) is 0 Å². The minimum atomic E-state index is -2.95. The Kier molecular flexibility index (Phi) is 2.78. The lowest BCUT2D eigenvalue weighted by molar-refractivity contribution is 0.213. The maximum Gasteiger partial charge on any atom is 0.211 e. The molecule has 2 atom stereocenters. The van der Waals surface area contributed by atoms with Crippen molar-refractivity contribution in [3.8, 4) is 0 Å². The molecule has 1 saturated heterocycles. The Bertz CT molecular complexity index is 248. The van der Waals surface area contributed by atoms with Crippen molar-refractivity contribution in [2.24, 2.45) is 11.8 Å². The van der Waals surface area contributed by atoms with Crippen LogP contribution in [0.25, 0.3) is 0 Å². The molecule has 1 aliphatic heterocycles. The van der Waals surface area contributed by atoms with Gasteiger partial charge in [0.1, 0.15) is 0 Å². The number of rotatable bonds is 1. The Balaban J connectivity index is 2.64. The molecule has 0 aliphatic carbocycles. The molecule has 1 fully saturated rings. The van der Waals surface area contributed by atoms with Crippen LogP contribution >= 0.6 is 0 Å². The summed E-state index contributed by atoms with van der Waals surface area (Å²) in [4.78, 5) is 0. The van der Waals surface area contributed by atoms with E-state index < -0.39 is 10.0 Å². The SMILES string of the molecule is C[C@@H]1CCN(S(C)(=O)=O)C[C@@H]1C. The lowest BCUT2D eigenvalue weighted by Gasteiger charge is -2.33. The van der Waals surface area contributed by atoms with Crippen LogP contribution in [0.5, 0.6) is 0 Å². The number of hydrogen-bond acceptors (Lipinski definition) is 2. The molecule has 0 amide bonds. The first-order valence-electron chi connectivity index (χ1n) is 4.36. The molecule has 0 bridgehead atoms. The second kappa shape index (κ2) is 3.34. The average molecular weight is 191 g/mol. The minimum Gasteiger partial charge on any atom is -0.213 e. The Morgan fingerprint density at radius 2 is 1.83 bits per heavy atom. The zero-order chi connectivity index (χ0) is 9.35. The van der Waals surface area contributed by atoms with Crippen molar-refractivity contribution in [1.82, 2.24) is 4.31 Å². The van der Waals surface area contributed by atoms with E-state index in [1.54, 1.807) is 4.31 Å². The van der Waals surface area contributed by atoms with E-state index in [0.717, 1.165) is 6.42 Å². The summed E-state index contributed by atoms with van der Waals surface area (Å²) in [6, 6.07) is 0. The van der Waals surface area contributed by atoms with E-state index >= 15 is 0 Å². The van der Waals surface area contributed by atoms with Crippen LogP contribution in [0.15, 0.2) is 0 Å². The van der Waals surface area contributed by atoms with E-state index in [1.807, 2.05) is 0 Å². The predicted octanol–water partition coefficient (Wildman–Crippen LogP) is 0.924. The van der Waals surface area contributed by atoms with E-state index in [2.05, 4.69) is 13.8 Å². The molecule has 0 aromatic rings. The van der Waals surface area contributed by atoms with Crippen LogP contribution in [0.2, 0.25) is 0 Å². The predicted molar refractivity (Wildman–Crippen MR) is 49.4 cm³/mol. The van der Waals surface area contributed by atoms with Gasteiger partial charge in [-0.25, -0.2) is 12.7 Å². The normalized spacial score (nSPS) is 33.6. The Morgan fingerprint density at radius 3 is 2.25 bits per heavy atom. The van der Waals surface area contributed by atoms with Gasteiger partial charge in [0.2, 0.25) is 10.0 Å². The zero-order valence-corrected chi connectivity index (χ0v) is 8.76. The van der Waals surface area contributed by atoms with Crippen molar-refractivity contribution in [2.45, 2.75) is 20.3 Å². The fourth-order valence-electron chi connectivity index (χ4n) is 1.53. The fourth-order valence-corrected chi connectivity index (χ4v) is 2.47.